The number of piperazine rings is 1. The van der Waals surface area contributed by atoms with Gasteiger partial charge in [0.05, 0.1) is 0 Å². The molecule has 2 N–H and O–H groups in total. The maximum absolute atomic E-state index is 13.6. The normalized spacial score (nSPS) is 20.4. The van der Waals surface area contributed by atoms with Gasteiger partial charge < -0.3 is 15.5 Å². The van der Waals surface area contributed by atoms with Crippen LogP contribution in [0.2, 0.25) is 0 Å². The Kier molecular flexibility index (Phi) is 8.58. The molecule has 0 radical (unpaired) electrons. The molecular weight excluding hydrogens is 424 g/mol. The van der Waals surface area contributed by atoms with Gasteiger partial charge in [0, 0.05) is 45.0 Å². The maximum Gasteiger partial charge on any atom is 0.240 e. The highest BCUT2D eigenvalue weighted by molar-refractivity contribution is 7.91. The molecule has 0 saturated carbocycles. The van der Waals surface area contributed by atoms with E-state index in [1.54, 1.807) is 0 Å². The van der Waals surface area contributed by atoms with Crippen LogP contribution in [0.3, 0.4) is 0 Å². The number of aryl methyl sites for hydroxylation is 1. The molecule has 1 aromatic rings. The Bertz CT molecular complexity index is 841. The molecule has 2 fully saturated rings. The van der Waals surface area contributed by atoms with E-state index in [0.29, 0.717) is 39.3 Å². The summed E-state index contributed by atoms with van der Waals surface area (Å²) in [4.78, 5) is 16.9. The highest BCUT2D eigenvalue weighted by atomic mass is 32.2. The number of unbranched alkanes of at least 4 members (excludes halogenated alkanes) is 2. The van der Waals surface area contributed by atoms with Crippen LogP contribution in [0, 0.1) is 0 Å². The van der Waals surface area contributed by atoms with Crippen LogP contribution in [0.1, 0.15) is 57.9 Å². The van der Waals surface area contributed by atoms with Gasteiger partial charge in [-0.15, -0.1) is 0 Å². The van der Waals surface area contributed by atoms with Gasteiger partial charge in [-0.3, -0.25) is 4.79 Å². The molecular formula is C24H40N4O3S. The Morgan fingerprint density at radius 2 is 1.53 bits per heavy atom. The van der Waals surface area contributed by atoms with Crippen molar-refractivity contribution in [3.8, 4) is 0 Å². The van der Waals surface area contributed by atoms with E-state index in [4.69, 9.17) is 5.73 Å². The third-order valence-electron chi connectivity index (χ3n) is 7.13. The molecule has 7 nitrogen and oxygen atoms in total. The van der Waals surface area contributed by atoms with Gasteiger partial charge in [0.25, 0.3) is 0 Å². The quantitative estimate of drug-likeness (QED) is 0.575. The SMILES string of the molecule is CCCCc1ccc(N2CCN(S(=O)(=O)C3(C(N)=O)CCN(CCCC)CC3)CC2)cc1. The van der Waals surface area contributed by atoms with Crippen LogP contribution in [-0.2, 0) is 21.2 Å². The summed E-state index contributed by atoms with van der Waals surface area (Å²) in [5.41, 5.74) is 8.19. The van der Waals surface area contributed by atoms with E-state index >= 15 is 0 Å². The van der Waals surface area contributed by atoms with E-state index in [1.165, 1.54) is 22.7 Å². The Labute approximate surface area is 194 Å². The molecule has 2 saturated heterocycles. The minimum absolute atomic E-state index is 0.286. The van der Waals surface area contributed by atoms with Crippen LogP contribution >= 0.6 is 0 Å². The Balaban J connectivity index is 1.63. The molecule has 0 spiro atoms. The molecule has 0 aromatic heterocycles. The lowest BCUT2D eigenvalue weighted by Crippen LogP contribution is -2.63. The van der Waals surface area contributed by atoms with Gasteiger partial charge >= 0.3 is 0 Å². The van der Waals surface area contributed by atoms with E-state index in [2.05, 4.69) is 47.9 Å². The van der Waals surface area contributed by atoms with Crippen molar-refractivity contribution in [2.24, 2.45) is 5.73 Å². The molecule has 2 aliphatic rings. The first-order valence-corrected chi connectivity index (χ1v) is 13.6. The van der Waals surface area contributed by atoms with Crippen LogP contribution in [0.15, 0.2) is 24.3 Å². The summed E-state index contributed by atoms with van der Waals surface area (Å²) in [5, 5.41) is 0. The van der Waals surface area contributed by atoms with Gasteiger partial charge in [-0.05, 0) is 56.3 Å². The number of piperidine rings is 1. The number of rotatable bonds is 10. The fourth-order valence-corrected chi connectivity index (χ4v) is 6.93. The lowest BCUT2D eigenvalue weighted by Gasteiger charge is -2.43. The largest absolute Gasteiger partial charge is 0.369 e. The molecule has 2 aliphatic heterocycles. The monoisotopic (exact) mass is 464 g/mol. The first kappa shape index (κ1) is 25.0. The molecule has 0 bridgehead atoms. The third kappa shape index (κ3) is 5.29. The summed E-state index contributed by atoms with van der Waals surface area (Å²) in [6.07, 6.45) is 6.21. The average Bonchev–Trinajstić information content (AvgIpc) is 2.82. The van der Waals surface area contributed by atoms with Gasteiger partial charge in [0.2, 0.25) is 15.9 Å². The summed E-state index contributed by atoms with van der Waals surface area (Å²) in [5.74, 6) is -0.697. The highest BCUT2D eigenvalue weighted by Gasteiger charge is 2.53. The second-order valence-corrected chi connectivity index (χ2v) is 11.5. The number of primary amides is 1. The number of carbonyl (C=O) groups is 1. The summed E-state index contributed by atoms with van der Waals surface area (Å²) in [6.45, 7) is 8.49. The van der Waals surface area contributed by atoms with Crippen molar-refractivity contribution >= 4 is 21.6 Å². The van der Waals surface area contributed by atoms with Crippen LogP contribution in [0.25, 0.3) is 0 Å². The molecule has 0 aliphatic carbocycles. The second kappa shape index (κ2) is 11.0. The molecule has 180 valence electrons. The molecule has 32 heavy (non-hydrogen) atoms. The first-order valence-electron chi connectivity index (χ1n) is 12.2. The molecule has 0 atom stereocenters. The Hall–Kier alpha value is -1.64. The summed E-state index contributed by atoms with van der Waals surface area (Å²) in [7, 11) is -3.81. The lowest BCUT2D eigenvalue weighted by atomic mass is 9.95. The van der Waals surface area contributed by atoms with E-state index in [1.807, 2.05) is 0 Å². The molecule has 8 heteroatoms. The van der Waals surface area contributed by atoms with Crippen LogP contribution < -0.4 is 10.6 Å². The minimum atomic E-state index is -3.81. The molecule has 1 amide bonds. The first-order chi connectivity index (χ1) is 15.3. The zero-order valence-corrected chi connectivity index (χ0v) is 20.6. The number of benzene rings is 1. The van der Waals surface area contributed by atoms with Crippen molar-refractivity contribution in [3.63, 3.8) is 0 Å². The van der Waals surface area contributed by atoms with Gasteiger partial charge in [-0.1, -0.05) is 38.8 Å². The average molecular weight is 465 g/mol. The predicted octanol–water partition coefficient (Wildman–Crippen LogP) is 2.60. The van der Waals surface area contributed by atoms with Crippen molar-refractivity contribution in [1.29, 1.82) is 0 Å². The van der Waals surface area contributed by atoms with E-state index in [9.17, 15) is 13.2 Å². The number of nitrogens with two attached hydrogens (primary N) is 1. The smallest absolute Gasteiger partial charge is 0.240 e. The number of hydrogen-bond donors (Lipinski definition) is 1. The highest BCUT2D eigenvalue weighted by Crippen LogP contribution is 2.34. The number of carbonyl (C=O) groups excluding carboxylic acids is 1. The predicted molar refractivity (Wildman–Crippen MR) is 130 cm³/mol. The lowest BCUT2D eigenvalue weighted by molar-refractivity contribution is -0.121. The van der Waals surface area contributed by atoms with Crippen molar-refractivity contribution < 1.29 is 13.2 Å². The van der Waals surface area contributed by atoms with Crippen LogP contribution in [0.4, 0.5) is 5.69 Å². The zero-order chi connectivity index (χ0) is 23.2. The Morgan fingerprint density at radius 3 is 2.06 bits per heavy atom. The fraction of sp³-hybridized carbons (Fsp3) is 0.708. The van der Waals surface area contributed by atoms with E-state index < -0.39 is 20.7 Å². The van der Waals surface area contributed by atoms with Crippen molar-refractivity contribution in [3.05, 3.63) is 29.8 Å². The number of hydrogen-bond acceptors (Lipinski definition) is 5. The third-order valence-corrected chi connectivity index (χ3v) is 9.78. The van der Waals surface area contributed by atoms with E-state index in [0.717, 1.165) is 31.5 Å². The standard InChI is InChI=1S/C24H40N4O3S/c1-3-5-7-21-8-10-22(11-9-21)27-17-19-28(20-18-27)32(30,31)24(23(25)29)12-15-26(16-13-24)14-6-4-2/h8-11H,3-7,12-20H2,1-2H3,(H2,25,29). The van der Waals surface area contributed by atoms with Gasteiger partial charge in [-0.25, -0.2) is 8.42 Å². The number of sulfonamides is 1. The maximum atomic E-state index is 13.6. The van der Waals surface area contributed by atoms with Gasteiger partial charge in [0.1, 0.15) is 0 Å². The van der Waals surface area contributed by atoms with Crippen molar-refractivity contribution in [1.82, 2.24) is 9.21 Å². The number of anilines is 1. The van der Waals surface area contributed by atoms with Gasteiger partial charge in [0.15, 0.2) is 4.75 Å². The summed E-state index contributed by atoms with van der Waals surface area (Å²) >= 11 is 0. The molecule has 3 rings (SSSR count). The molecule has 0 unspecified atom stereocenters. The zero-order valence-electron chi connectivity index (χ0n) is 19.8. The fourth-order valence-electron chi connectivity index (χ4n) is 4.84. The number of nitrogens with zero attached hydrogens (tertiary/aromatic N) is 3. The summed E-state index contributed by atoms with van der Waals surface area (Å²) < 4.78 is 27.2. The van der Waals surface area contributed by atoms with E-state index in [-0.39, 0.29) is 12.8 Å². The summed E-state index contributed by atoms with van der Waals surface area (Å²) in [6, 6.07) is 8.60. The number of amides is 1. The van der Waals surface area contributed by atoms with Crippen LogP contribution in [0.5, 0.6) is 0 Å². The van der Waals surface area contributed by atoms with Crippen molar-refractivity contribution in [2.75, 3.05) is 50.7 Å². The molecule has 2 heterocycles. The van der Waals surface area contributed by atoms with Crippen molar-refractivity contribution in [2.45, 2.75) is 63.5 Å². The van der Waals surface area contributed by atoms with Gasteiger partial charge in [-0.2, -0.15) is 4.31 Å². The number of likely N-dealkylation sites (tertiary alicyclic amines) is 1. The molecule has 1 aromatic carbocycles. The van der Waals surface area contributed by atoms with Crippen LogP contribution in [-0.4, -0.2) is 74.1 Å². The Morgan fingerprint density at radius 1 is 0.938 bits per heavy atom. The second-order valence-electron chi connectivity index (χ2n) is 9.21. The minimum Gasteiger partial charge on any atom is -0.369 e. The topological polar surface area (TPSA) is 87.0 Å².